The lowest BCUT2D eigenvalue weighted by molar-refractivity contribution is -0.179. The topological polar surface area (TPSA) is 104 Å². The van der Waals surface area contributed by atoms with Gasteiger partial charge in [-0.05, 0) is 79.7 Å². The highest BCUT2D eigenvalue weighted by molar-refractivity contribution is 7.27. The Labute approximate surface area is 194 Å². The van der Waals surface area contributed by atoms with Crippen molar-refractivity contribution in [3.63, 3.8) is 0 Å². The monoisotopic (exact) mass is 465 g/mol. The Kier molecular flexibility index (Phi) is 5.02. The molecule has 2 aliphatic rings. The molecule has 1 aliphatic heterocycles. The molecule has 8 heteroatoms. The number of amides is 1. The summed E-state index contributed by atoms with van der Waals surface area (Å²) in [7, 11) is 2.78. The maximum atomic E-state index is 13.3. The van der Waals surface area contributed by atoms with E-state index in [9.17, 15) is 19.8 Å². The van der Waals surface area contributed by atoms with Crippen molar-refractivity contribution in [2.24, 2.45) is 0 Å². The second-order valence-electron chi connectivity index (χ2n) is 9.34. The zero-order valence-corrected chi connectivity index (χ0v) is 20.4. The minimum Gasteiger partial charge on any atom is -0.358 e. The number of benzene rings is 1. The molecule has 0 saturated carbocycles. The lowest BCUT2D eigenvalue weighted by atomic mass is 9.81. The van der Waals surface area contributed by atoms with Crippen molar-refractivity contribution >= 4 is 31.4 Å². The van der Waals surface area contributed by atoms with Gasteiger partial charge in [0.1, 0.15) is 0 Å². The van der Waals surface area contributed by atoms with Crippen LogP contribution in [0.2, 0.25) is 0 Å². The van der Waals surface area contributed by atoms with Crippen molar-refractivity contribution in [1.29, 1.82) is 0 Å². The van der Waals surface area contributed by atoms with Gasteiger partial charge in [-0.15, -0.1) is 9.24 Å². The first kappa shape index (κ1) is 22.2. The number of aliphatic hydroxyl groups is 2. The molecular formula is C25H28N3O4P. The maximum Gasteiger partial charge on any atom is 0.280 e. The molecule has 0 radical (unpaired) electrons. The minimum absolute atomic E-state index is 0.000386. The zero-order valence-electron chi connectivity index (χ0n) is 19.2. The average Bonchev–Trinajstić information content (AvgIpc) is 3.10. The highest BCUT2D eigenvalue weighted by Gasteiger charge is 2.36. The third-order valence-corrected chi connectivity index (χ3v) is 7.75. The zero-order chi connectivity index (χ0) is 23.8. The van der Waals surface area contributed by atoms with Gasteiger partial charge >= 0.3 is 0 Å². The molecule has 2 aromatic heterocycles. The Bertz CT molecular complexity index is 1420. The summed E-state index contributed by atoms with van der Waals surface area (Å²) >= 11 is 0. The van der Waals surface area contributed by atoms with E-state index >= 15 is 0 Å². The van der Waals surface area contributed by atoms with Crippen molar-refractivity contribution in [2.45, 2.75) is 65.3 Å². The molecule has 2 unspecified atom stereocenters. The standard InChI is InChI=1S/C25H28N3O4P/c1-5-13-11(2)8-18-22-15(10-28(18)23(13)29)21-16(27-24(30)25(4,31)32)7-6-14-12(3)19(33)9-17(26-22)20(14)21/h8-9,16,31-32H,5-7,10,33H2,1-4H3,(H,27,30). The molecule has 3 N–H and O–H groups in total. The van der Waals surface area contributed by atoms with Crippen molar-refractivity contribution < 1.29 is 15.0 Å². The Morgan fingerprint density at radius 1 is 1.30 bits per heavy atom. The fourth-order valence-corrected chi connectivity index (χ4v) is 5.72. The SMILES string of the molecule is CCc1c(C)cc2n(c1=O)Cc1c-2nc2cc(P)c(C)c3c2c1C(NC(=O)C(C)(O)O)CC3. The first-order chi connectivity index (χ1) is 15.5. The molecule has 5 rings (SSSR count). The Morgan fingerprint density at radius 2 is 2.03 bits per heavy atom. The Hall–Kier alpha value is -2.60. The quantitative estimate of drug-likeness (QED) is 0.317. The van der Waals surface area contributed by atoms with Crippen LogP contribution in [0.15, 0.2) is 16.9 Å². The molecule has 0 fully saturated rings. The van der Waals surface area contributed by atoms with E-state index in [1.54, 1.807) is 4.57 Å². The number of carbonyl (C=O) groups is 1. The van der Waals surface area contributed by atoms with E-state index in [1.807, 2.05) is 26.0 Å². The summed E-state index contributed by atoms with van der Waals surface area (Å²) in [4.78, 5) is 30.8. The molecular weight excluding hydrogens is 437 g/mol. The van der Waals surface area contributed by atoms with Gasteiger partial charge in [-0.3, -0.25) is 9.59 Å². The van der Waals surface area contributed by atoms with E-state index in [-0.39, 0.29) is 5.56 Å². The largest absolute Gasteiger partial charge is 0.358 e. The van der Waals surface area contributed by atoms with Crippen LogP contribution in [-0.4, -0.2) is 31.5 Å². The molecule has 3 aromatic rings. The van der Waals surface area contributed by atoms with E-state index < -0.39 is 17.7 Å². The van der Waals surface area contributed by atoms with E-state index in [0.717, 1.165) is 63.2 Å². The third kappa shape index (κ3) is 3.25. The van der Waals surface area contributed by atoms with Crippen molar-refractivity contribution in [1.82, 2.24) is 14.9 Å². The van der Waals surface area contributed by atoms with E-state index in [0.29, 0.717) is 19.4 Å². The van der Waals surface area contributed by atoms with Crippen LogP contribution >= 0.6 is 9.24 Å². The summed E-state index contributed by atoms with van der Waals surface area (Å²) in [6, 6.07) is 3.65. The number of hydrogen-bond acceptors (Lipinski definition) is 5. The van der Waals surface area contributed by atoms with Gasteiger partial charge in [0.2, 0.25) is 5.79 Å². The number of nitrogens with one attached hydrogen (secondary N) is 1. The van der Waals surface area contributed by atoms with Crippen molar-refractivity contribution in [3.8, 4) is 11.4 Å². The molecule has 2 atom stereocenters. The van der Waals surface area contributed by atoms with Gasteiger partial charge in [0.15, 0.2) is 0 Å². The van der Waals surface area contributed by atoms with Gasteiger partial charge in [0.25, 0.3) is 11.5 Å². The molecule has 1 amide bonds. The lowest BCUT2D eigenvalue weighted by Crippen LogP contribution is -2.46. The Balaban J connectivity index is 1.81. The van der Waals surface area contributed by atoms with Crippen LogP contribution in [0, 0.1) is 13.8 Å². The second kappa shape index (κ2) is 7.45. The number of rotatable bonds is 3. The second-order valence-corrected chi connectivity index (χ2v) is 9.96. The normalized spacial score (nSPS) is 16.6. The van der Waals surface area contributed by atoms with Crippen LogP contribution in [0.1, 0.15) is 59.7 Å². The van der Waals surface area contributed by atoms with E-state index in [4.69, 9.17) is 4.98 Å². The highest BCUT2D eigenvalue weighted by Crippen LogP contribution is 2.44. The van der Waals surface area contributed by atoms with Gasteiger partial charge in [-0.1, -0.05) is 6.92 Å². The van der Waals surface area contributed by atoms with Crippen molar-refractivity contribution in [2.75, 3.05) is 0 Å². The fourth-order valence-electron chi connectivity index (χ4n) is 5.39. The summed E-state index contributed by atoms with van der Waals surface area (Å²) < 4.78 is 1.78. The number of aryl methyl sites for hydroxylation is 2. The van der Waals surface area contributed by atoms with Crippen LogP contribution in [0.25, 0.3) is 22.3 Å². The smallest absolute Gasteiger partial charge is 0.280 e. The van der Waals surface area contributed by atoms with Crippen LogP contribution < -0.4 is 16.2 Å². The predicted molar refractivity (Wildman–Crippen MR) is 131 cm³/mol. The Morgan fingerprint density at radius 3 is 2.70 bits per heavy atom. The molecule has 1 aliphatic carbocycles. The van der Waals surface area contributed by atoms with Crippen LogP contribution in [0.4, 0.5) is 0 Å². The van der Waals surface area contributed by atoms with Crippen LogP contribution in [0.3, 0.4) is 0 Å². The summed E-state index contributed by atoms with van der Waals surface area (Å²) in [5.41, 5.74) is 8.35. The molecule has 7 nitrogen and oxygen atoms in total. The molecule has 0 saturated heterocycles. The predicted octanol–water partition coefficient (Wildman–Crippen LogP) is 1.91. The summed E-state index contributed by atoms with van der Waals surface area (Å²) in [6.45, 7) is 7.47. The number of pyridine rings is 2. The minimum atomic E-state index is -2.47. The summed E-state index contributed by atoms with van der Waals surface area (Å²) in [5, 5.41) is 24.6. The molecule has 1 aromatic carbocycles. The molecule has 33 heavy (non-hydrogen) atoms. The number of carbonyl (C=O) groups excluding carboxylic acids is 1. The van der Waals surface area contributed by atoms with Crippen molar-refractivity contribution in [3.05, 3.63) is 55.9 Å². The third-order valence-electron chi connectivity index (χ3n) is 7.15. The fraction of sp³-hybridized carbons (Fsp3) is 0.400. The highest BCUT2D eigenvalue weighted by atomic mass is 31.0. The van der Waals surface area contributed by atoms with Gasteiger partial charge in [-0.25, -0.2) is 4.98 Å². The number of hydrogen-bond donors (Lipinski definition) is 3. The van der Waals surface area contributed by atoms with Gasteiger partial charge in [-0.2, -0.15) is 0 Å². The lowest BCUT2D eigenvalue weighted by Gasteiger charge is -2.31. The number of nitrogens with zero attached hydrogens (tertiary/aromatic N) is 2. The summed E-state index contributed by atoms with van der Waals surface area (Å²) in [6.07, 6.45) is 2.02. The van der Waals surface area contributed by atoms with Gasteiger partial charge in [0, 0.05) is 16.5 Å². The molecule has 172 valence electrons. The molecule has 0 bridgehead atoms. The van der Waals surface area contributed by atoms with Crippen LogP contribution in [-0.2, 0) is 24.2 Å². The number of aromatic nitrogens is 2. The summed E-state index contributed by atoms with van der Waals surface area (Å²) in [5.74, 6) is -3.31. The number of fused-ring (bicyclic) bond motifs is 4. The van der Waals surface area contributed by atoms with Gasteiger partial charge < -0.3 is 20.1 Å². The van der Waals surface area contributed by atoms with E-state index in [2.05, 4.69) is 21.5 Å². The average molecular weight is 465 g/mol. The molecule has 3 heterocycles. The van der Waals surface area contributed by atoms with Crippen LogP contribution in [0.5, 0.6) is 0 Å². The molecule has 0 spiro atoms. The van der Waals surface area contributed by atoms with E-state index in [1.165, 1.54) is 11.1 Å². The first-order valence-corrected chi connectivity index (χ1v) is 11.8. The first-order valence-electron chi connectivity index (χ1n) is 11.3. The maximum absolute atomic E-state index is 13.3. The van der Waals surface area contributed by atoms with Gasteiger partial charge in [0.05, 0.1) is 29.5 Å².